The van der Waals surface area contributed by atoms with Crippen molar-refractivity contribution < 1.29 is 18.3 Å². The van der Waals surface area contributed by atoms with Crippen LogP contribution in [0.3, 0.4) is 0 Å². The summed E-state index contributed by atoms with van der Waals surface area (Å²) in [7, 11) is 0. The number of hydrogen-bond donors (Lipinski definition) is 0. The van der Waals surface area contributed by atoms with E-state index in [-0.39, 0.29) is 53.2 Å². The number of pyridine rings is 2. The lowest BCUT2D eigenvalue weighted by atomic mass is 10.0. The van der Waals surface area contributed by atoms with Crippen LogP contribution in [0.5, 0.6) is 5.75 Å². The molecule has 2 bridgehead atoms. The average Bonchev–Trinajstić information content (AvgIpc) is 3.79. The first-order valence-corrected chi connectivity index (χ1v) is 14.5. The standard InChI is InChI=1S/C32H30F2N6O3/c1-4-25(41)38-12-13-39(23-16-22(23)38)30-19-15-21(34)28-26-20(33)8-5-9-24(26)43-14-6-7-18-10-11-35-27(17(2)3)29(18)40(31(19)36-28)32(42)37-30/h4-5,8-11,15,17,22-23H,1,6-7,12-14,16H2,2-3H3/t22-,23+/m0/s1. The summed E-state index contributed by atoms with van der Waals surface area (Å²) >= 11 is 0. The lowest BCUT2D eigenvalue weighted by molar-refractivity contribution is -0.126. The summed E-state index contributed by atoms with van der Waals surface area (Å²) in [5.41, 5.74) is 1.28. The fraction of sp³-hybridized carbons (Fsp3) is 0.344. The lowest BCUT2D eigenvalue weighted by Gasteiger charge is -2.35. The van der Waals surface area contributed by atoms with Crippen LogP contribution in [0.1, 0.15) is 43.9 Å². The van der Waals surface area contributed by atoms with E-state index in [4.69, 9.17) is 9.72 Å². The Labute approximate surface area is 246 Å². The number of aromatic nitrogens is 4. The van der Waals surface area contributed by atoms with Crippen LogP contribution in [0.4, 0.5) is 14.6 Å². The molecule has 1 saturated carbocycles. The van der Waals surface area contributed by atoms with Crippen molar-refractivity contribution in [3.63, 3.8) is 0 Å². The van der Waals surface area contributed by atoms with Gasteiger partial charge < -0.3 is 14.5 Å². The molecule has 2 aliphatic heterocycles. The zero-order chi connectivity index (χ0) is 30.0. The van der Waals surface area contributed by atoms with Crippen LogP contribution in [-0.4, -0.2) is 62.1 Å². The van der Waals surface area contributed by atoms with Crippen molar-refractivity contribution in [2.45, 2.75) is 51.1 Å². The zero-order valence-electron chi connectivity index (χ0n) is 23.9. The summed E-state index contributed by atoms with van der Waals surface area (Å²) < 4.78 is 38.8. The van der Waals surface area contributed by atoms with Gasteiger partial charge in [-0.2, -0.15) is 4.98 Å². The largest absolute Gasteiger partial charge is 0.493 e. The molecule has 1 aliphatic carbocycles. The molecule has 5 heterocycles. The highest BCUT2D eigenvalue weighted by Crippen LogP contribution is 2.42. The van der Waals surface area contributed by atoms with E-state index >= 15 is 8.78 Å². The molecule has 11 heteroatoms. The SMILES string of the molecule is C=CC(=O)N1CCN(c2nc(=O)n3c4nc(c(F)cc24)-c2c(F)cccc2OCCCc2ccnc(C(C)C)c2-3)[C@@H]2C[C@@H]21. The van der Waals surface area contributed by atoms with Gasteiger partial charge in [0.2, 0.25) is 5.91 Å². The van der Waals surface area contributed by atoms with Gasteiger partial charge >= 0.3 is 5.69 Å². The molecule has 1 amide bonds. The Morgan fingerprint density at radius 3 is 2.77 bits per heavy atom. The summed E-state index contributed by atoms with van der Waals surface area (Å²) in [5, 5.41) is 0.315. The summed E-state index contributed by atoms with van der Waals surface area (Å²) in [6, 6.07) is 7.34. The number of fused-ring (bicyclic) bond motifs is 6. The Hall–Kier alpha value is -4.67. The highest BCUT2D eigenvalue weighted by Gasteiger charge is 2.51. The number of amides is 1. The van der Waals surface area contributed by atoms with E-state index in [2.05, 4.69) is 16.5 Å². The van der Waals surface area contributed by atoms with Crippen LogP contribution in [0.2, 0.25) is 0 Å². The third-order valence-electron chi connectivity index (χ3n) is 8.50. The van der Waals surface area contributed by atoms with Crippen LogP contribution in [0.15, 0.2) is 54.0 Å². The second-order valence-corrected chi connectivity index (χ2v) is 11.5. The minimum Gasteiger partial charge on any atom is -0.493 e. The highest BCUT2D eigenvalue weighted by atomic mass is 19.1. The van der Waals surface area contributed by atoms with Crippen LogP contribution < -0.4 is 15.3 Å². The number of carbonyl (C=O) groups is 1. The number of anilines is 1. The number of carbonyl (C=O) groups excluding carboxylic acids is 1. The van der Waals surface area contributed by atoms with Crippen LogP contribution in [-0.2, 0) is 11.2 Å². The molecule has 1 aromatic carbocycles. The summed E-state index contributed by atoms with van der Waals surface area (Å²) in [5.74, 6) is -1.18. The Balaban J connectivity index is 1.53. The number of benzene rings is 1. The van der Waals surface area contributed by atoms with Crippen LogP contribution >= 0.6 is 0 Å². The molecule has 2 fully saturated rings. The van der Waals surface area contributed by atoms with Crippen molar-refractivity contribution in [3.05, 3.63) is 82.6 Å². The molecule has 0 unspecified atom stereocenters. The fourth-order valence-electron chi connectivity index (χ4n) is 6.43. The lowest BCUT2D eigenvalue weighted by Crippen LogP contribution is -2.49. The Morgan fingerprint density at radius 1 is 1.14 bits per heavy atom. The number of ether oxygens (including phenoxy) is 1. The van der Waals surface area contributed by atoms with E-state index in [9.17, 15) is 9.59 Å². The third-order valence-corrected chi connectivity index (χ3v) is 8.50. The molecule has 0 radical (unpaired) electrons. The summed E-state index contributed by atoms with van der Waals surface area (Å²) in [6.07, 6.45) is 4.83. The molecule has 2 atom stereocenters. The maximum Gasteiger partial charge on any atom is 0.355 e. The van der Waals surface area contributed by atoms with Crippen LogP contribution in [0, 0.1) is 11.6 Å². The van der Waals surface area contributed by atoms with Crippen molar-refractivity contribution in [1.82, 2.24) is 24.4 Å². The number of piperazine rings is 1. The molecule has 4 aromatic rings. The maximum atomic E-state index is 16.1. The molecule has 0 N–H and O–H groups in total. The van der Waals surface area contributed by atoms with E-state index in [1.807, 2.05) is 24.8 Å². The fourth-order valence-corrected chi connectivity index (χ4v) is 6.43. The first kappa shape index (κ1) is 27.2. The molecule has 0 spiro atoms. The maximum absolute atomic E-state index is 16.1. The number of rotatable bonds is 3. The molecule has 220 valence electrons. The van der Waals surface area contributed by atoms with Crippen molar-refractivity contribution in [2.75, 3.05) is 24.6 Å². The van der Waals surface area contributed by atoms with Crippen molar-refractivity contribution in [2.24, 2.45) is 0 Å². The molecular formula is C32H30F2N6O3. The van der Waals surface area contributed by atoms with Crippen molar-refractivity contribution in [1.29, 1.82) is 0 Å². The predicted molar refractivity (Wildman–Crippen MR) is 158 cm³/mol. The minimum atomic E-state index is -0.768. The van der Waals surface area contributed by atoms with Gasteiger partial charge in [-0.3, -0.25) is 9.78 Å². The molecule has 7 rings (SSSR count). The number of nitrogens with zero attached hydrogens (tertiary/aromatic N) is 6. The second-order valence-electron chi connectivity index (χ2n) is 11.5. The molecule has 9 nitrogen and oxygen atoms in total. The van der Waals surface area contributed by atoms with E-state index < -0.39 is 17.3 Å². The monoisotopic (exact) mass is 584 g/mol. The Kier molecular flexibility index (Phi) is 6.48. The normalized spacial score (nSPS) is 19.2. The molecule has 43 heavy (non-hydrogen) atoms. The number of halogens is 2. The highest BCUT2D eigenvalue weighted by molar-refractivity contribution is 5.92. The van der Waals surface area contributed by atoms with Crippen LogP contribution in [0.25, 0.3) is 28.0 Å². The second kappa shape index (κ2) is 10.3. The average molecular weight is 585 g/mol. The van der Waals surface area contributed by atoms with Gasteiger partial charge in [-0.15, -0.1) is 0 Å². The van der Waals surface area contributed by atoms with Gasteiger partial charge in [0.05, 0.1) is 41.0 Å². The van der Waals surface area contributed by atoms with E-state index in [0.29, 0.717) is 54.9 Å². The smallest absolute Gasteiger partial charge is 0.355 e. The number of aryl methyl sites for hydroxylation is 1. The molecular weight excluding hydrogens is 554 g/mol. The number of hydrogen-bond acceptors (Lipinski definition) is 7. The summed E-state index contributed by atoms with van der Waals surface area (Å²) in [4.78, 5) is 44.1. The van der Waals surface area contributed by atoms with Gasteiger partial charge in [0, 0.05) is 19.3 Å². The van der Waals surface area contributed by atoms with E-state index in [1.54, 1.807) is 17.2 Å². The topological polar surface area (TPSA) is 93.5 Å². The molecule has 3 aliphatic rings. The van der Waals surface area contributed by atoms with Crippen molar-refractivity contribution in [3.8, 4) is 22.7 Å². The van der Waals surface area contributed by atoms with Gasteiger partial charge in [0.15, 0.2) is 11.5 Å². The zero-order valence-corrected chi connectivity index (χ0v) is 23.9. The molecule has 1 saturated heterocycles. The van der Waals surface area contributed by atoms with E-state index in [1.165, 1.54) is 28.8 Å². The quantitative estimate of drug-likeness (QED) is 0.327. The summed E-state index contributed by atoms with van der Waals surface area (Å²) in [6.45, 7) is 8.63. The Bertz CT molecular complexity index is 1870. The van der Waals surface area contributed by atoms with Gasteiger partial charge in [0.25, 0.3) is 0 Å². The van der Waals surface area contributed by atoms with Gasteiger partial charge in [-0.05, 0) is 61.1 Å². The first-order chi connectivity index (χ1) is 20.8. The first-order valence-electron chi connectivity index (χ1n) is 14.5. The predicted octanol–water partition coefficient (Wildman–Crippen LogP) is 4.54. The van der Waals surface area contributed by atoms with Gasteiger partial charge in [0.1, 0.15) is 23.1 Å². The molecule has 3 aromatic heterocycles. The van der Waals surface area contributed by atoms with Gasteiger partial charge in [-0.25, -0.2) is 23.1 Å². The minimum absolute atomic E-state index is 0.0518. The van der Waals surface area contributed by atoms with E-state index in [0.717, 1.165) is 5.56 Å². The van der Waals surface area contributed by atoms with Crippen molar-refractivity contribution >= 4 is 22.8 Å². The van der Waals surface area contributed by atoms with Gasteiger partial charge in [-0.1, -0.05) is 26.5 Å². The Morgan fingerprint density at radius 2 is 1.98 bits per heavy atom. The third kappa shape index (κ3) is 4.36.